The molecule has 0 saturated carbocycles. The molecule has 10 heteroatoms. The number of nitrogens with two attached hydrogens (primary N) is 2. The second kappa shape index (κ2) is 8.11. The number of carbonyl (C=O) groups excluding carboxylic acids is 1. The summed E-state index contributed by atoms with van der Waals surface area (Å²) in [6.45, 7) is 0.0346. The molecular weight excluding hydrogens is 435 g/mol. The van der Waals surface area contributed by atoms with Crippen molar-refractivity contribution >= 4 is 50.9 Å². The van der Waals surface area contributed by atoms with Crippen molar-refractivity contribution in [3.05, 3.63) is 50.4 Å². The van der Waals surface area contributed by atoms with Crippen LogP contribution in [0.4, 0.5) is 10.5 Å². The predicted octanol–water partition coefficient (Wildman–Crippen LogP) is 3.65. The molecule has 7 nitrogen and oxygen atoms in total. The van der Waals surface area contributed by atoms with Gasteiger partial charge in [0.05, 0.1) is 15.7 Å². The molecule has 0 aromatic heterocycles. The van der Waals surface area contributed by atoms with Crippen molar-refractivity contribution in [1.82, 2.24) is 5.01 Å². The van der Waals surface area contributed by atoms with Gasteiger partial charge in [0, 0.05) is 29.2 Å². The third-order valence-electron chi connectivity index (χ3n) is 3.23. The van der Waals surface area contributed by atoms with E-state index >= 15 is 0 Å². The predicted molar refractivity (Wildman–Crippen MR) is 101 cm³/mol. The molecule has 2 rings (SSSR count). The third kappa shape index (κ3) is 4.47. The summed E-state index contributed by atoms with van der Waals surface area (Å²) in [5, 5.41) is 11.6. The van der Waals surface area contributed by atoms with Crippen molar-refractivity contribution < 1.29 is 14.6 Å². The van der Waals surface area contributed by atoms with E-state index in [-0.39, 0.29) is 28.2 Å². The van der Waals surface area contributed by atoms with E-state index in [2.05, 4.69) is 15.9 Å². The minimum absolute atomic E-state index is 0.0346. The van der Waals surface area contributed by atoms with Crippen molar-refractivity contribution in [2.24, 2.45) is 11.7 Å². The summed E-state index contributed by atoms with van der Waals surface area (Å²) >= 11 is 15.3. The lowest BCUT2D eigenvalue weighted by Crippen LogP contribution is -2.49. The first-order valence-electron chi connectivity index (χ1n) is 6.87. The monoisotopic (exact) mass is 448 g/mol. The highest BCUT2D eigenvalue weighted by molar-refractivity contribution is 9.10. The minimum Gasteiger partial charge on any atom is -0.506 e. The number of ether oxygens (including phenoxy) is 1. The lowest BCUT2D eigenvalue weighted by Gasteiger charge is -2.24. The smallest absolute Gasteiger partial charge is 0.352 e. The number of hydrogen-bond acceptors (Lipinski definition) is 5. The maximum Gasteiger partial charge on any atom is 0.352 e. The van der Waals surface area contributed by atoms with Crippen LogP contribution >= 0.6 is 39.1 Å². The molecule has 2 aromatic rings. The second-order valence-corrected chi connectivity index (χ2v) is 6.69. The maximum atomic E-state index is 12.0. The number of nitrogens with zero attached hydrogens (tertiary/aromatic N) is 2. The topological polar surface area (TPSA) is 105 Å². The van der Waals surface area contributed by atoms with E-state index in [9.17, 15) is 9.90 Å². The average Bonchev–Trinajstić information content (AvgIpc) is 2.56. The van der Waals surface area contributed by atoms with E-state index in [0.29, 0.717) is 15.7 Å². The van der Waals surface area contributed by atoms with Gasteiger partial charge in [0.2, 0.25) is 0 Å². The molecule has 25 heavy (non-hydrogen) atoms. The van der Waals surface area contributed by atoms with E-state index in [1.54, 1.807) is 18.2 Å². The summed E-state index contributed by atoms with van der Waals surface area (Å²) in [6, 6.07) is 7.22. The number of amides is 2. The fraction of sp³-hybridized carbons (Fsp3) is 0.133. The standard InChI is InChI=1S/C15H15BrCl2N4O3/c1-21(19)15(24)22(20)12-4-2-3-9(16)8(12)7-25-14-6-10(17)13(23)5-11(14)18/h2-6,23H,7,19-20H2,1H3. The maximum absolute atomic E-state index is 12.0. The molecule has 0 aliphatic heterocycles. The zero-order valence-corrected chi connectivity index (χ0v) is 16.1. The fourth-order valence-electron chi connectivity index (χ4n) is 1.97. The number of hydrazine groups is 2. The molecule has 2 amide bonds. The van der Waals surface area contributed by atoms with Crippen LogP contribution in [0.2, 0.25) is 10.0 Å². The Morgan fingerprint density at radius 2 is 1.96 bits per heavy atom. The lowest BCUT2D eigenvalue weighted by atomic mass is 10.2. The van der Waals surface area contributed by atoms with Gasteiger partial charge in [0.15, 0.2) is 0 Å². The van der Waals surface area contributed by atoms with Crippen LogP contribution in [0, 0.1) is 0 Å². The summed E-state index contributed by atoms with van der Waals surface area (Å²) in [5.74, 6) is 11.4. The summed E-state index contributed by atoms with van der Waals surface area (Å²) in [4.78, 5) is 12.0. The van der Waals surface area contributed by atoms with Crippen LogP contribution in [-0.4, -0.2) is 23.2 Å². The molecule has 0 radical (unpaired) electrons. The normalized spacial score (nSPS) is 10.5. The van der Waals surface area contributed by atoms with Crippen molar-refractivity contribution in [3.8, 4) is 11.5 Å². The van der Waals surface area contributed by atoms with E-state index in [4.69, 9.17) is 39.6 Å². The van der Waals surface area contributed by atoms with Gasteiger partial charge in [-0.1, -0.05) is 45.2 Å². The van der Waals surface area contributed by atoms with Crippen LogP contribution in [0.25, 0.3) is 0 Å². The number of hydrogen-bond donors (Lipinski definition) is 3. The zero-order valence-electron chi connectivity index (χ0n) is 13.0. The number of urea groups is 1. The first-order valence-corrected chi connectivity index (χ1v) is 8.42. The zero-order chi connectivity index (χ0) is 18.7. The quantitative estimate of drug-likeness (QED) is 0.375. The van der Waals surface area contributed by atoms with Crippen molar-refractivity contribution in [3.63, 3.8) is 0 Å². The lowest BCUT2D eigenvalue weighted by molar-refractivity contribution is 0.216. The number of aromatic hydroxyl groups is 1. The first-order chi connectivity index (χ1) is 11.7. The van der Waals surface area contributed by atoms with Crippen LogP contribution in [0.1, 0.15) is 5.56 Å². The summed E-state index contributed by atoms with van der Waals surface area (Å²) in [5.41, 5.74) is 0.998. The Balaban J connectivity index is 2.31. The molecule has 0 aliphatic rings. The average molecular weight is 450 g/mol. The number of rotatable bonds is 4. The molecule has 0 aliphatic carbocycles. The SMILES string of the molecule is CN(N)C(=O)N(N)c1cccc(Br)c1COc1cc(Cl)c(O)cc1Cl. The number of phenolic OH excluding ortho intramolecular Hbond substituents is 1. The second-order valence-electron chi connectivity index (χ2n) is 5.02. The molecule has 2 aromatic carbocycles. The van der Waals surface area contributed by atoms with Crippen molar-refractivity contribution in [1.29, 1.82) is 0 Å². The van der Waals surface area contributed by atoms with Crippen LogP contribution in [0.5, 0.6) is 11.5 Å². The molecule has 0 bridgehead atoms. The molecule has 0 heterocycles. The van der Waals surface area contributed by atoms with E-state index in [0.717, 1.165) is 10.0 Å². The Bertz CT molecular complexity index is 805. The molecule has 0 unspecified atom stereocenters. The largest absolute Gasteiger partial charge is 0.506 e. The van der Waals surface area contributed by atoms with E-state index in [1.165, 1.54) is 19.2 Å². The van der Waals surface area contributed by atoms with Gasteiger partial charge in [-0.2, -0.15) is 0 Å². The summed E-state index contributed by atoms with van der Waals surface area (Å²) in [7, 11) is 1.38. The van der Waals surface area contributed by atoms with Crippen LogP contribution in [0.15, 0.2) is 34.8 Å². The fourth-order valence-corrected chi connectivity index (χ4v) is 2.80. The molecule has 134 valence electrons. The van der Waals surface area contributed by atoms with Gasteiger partial charge in [0.25, 0.3) is 0 Å². The number of phenols is 1. The van der Waals surface area contributed by atoms with E-state index in [1.807, 2.05) is 0 Å². The Morgan fingerprint density at radius 3 is 2.60 bits per heavy atom. The van der Waals surface area contributed by atoms with Gasteiger partial charge in [-0.05, 0) is 12.1 Å². The number of carbonyl (C=O) groups is 1. The highest BCUT2D eigenvalue weighted by Gasteiger charge is 2.20. The third-order valence-corrected chi connectivity index (χ3v) is 4.58. The number of anilines is 1. The van der Waals surface area contributed by atoms with Crippen LogP contribution in [-0.2, 0) is 6.61 Å². The molecule has 0 fully saturated rings. The highest BCUT2D eigenvalue weighted by Crippen LogP contribution is 2.36. The molecule has 5 N–H and O–H groups in total. The number of benzene rings is 2. The Morgan fingerprint density at radius 1 is 1.28 bits per heavy atom. The Hall–Kier alpha value is -1.71. The summed E-state index contributed by atoms with van der Waals surface area (Å²) < 4.78 is 6.35. The number of halogens is 3. The first kappa shape index (κ1) is 19.6. The van der Waals surface area contributed by atoms with E-state index < -0.39 is 6.03 Å². The van der Waals surface area contributed by atoms with Gasteiger partial charge in [-0.3, -0.25) is 5.01 Å². The van der Waals surface area contributed by atoms with Crippen LogP contribution < -0.4 is 21.4 Å². The molecule has 0 atom stereocenters. The Labute approximate surface area is 162 Å². The van der Waals surface area contributed by atoms with Crippen LogP contribution in [0.3, 0.4) is 0 Å². The van der Waals surface area contributed by atoms with Gasteiger partial charge < -0.3 is 9.84 Å². The van der Waals surface area contributed by atoms with Gasteiger partial charge in [0.1, 0.15) is 18.1 Å². The van der Waals surface area contributed by atoms with Crippen molar-refractivity contribution in [2.75, 3.05) is 12.1 Å². The minimum atomic E-state index is -0.606. The highest BCUT2D eigenvalue weighted by atomic mass is 79.9. The van der Waals surface area contributed by atoms with Gasteiger partial charge in [-0.25, -0.2) is 21.5 Å². The molecule has 0 spiro atoms. The van der Waals surface area contributed by atoms with Gasteiger partial charge in [-0.15, -0.1) is 0 Å². The Kier molecular flexibility index (Phi) is 6.36. The van der Waals surface area contributed by atoms with Gasteiger partial charge >= 0.3 is 6.03 Å². The summed E-state index contributed by atoms with van der Waals surface area (Å²) in [6.07, 6.45) is 0. The van der Waals surface area contributed by atoms with Crippen molar-refractivity contribution in [2.45, 2.75) is 6.61 Å². The molecular formula is C15H15BrCl2N4O3. The molecule has 0 saturated heterocycles.